The van der Waals surface area contributed by atoms with Gasteiger partial charge in [-0.25, -0.2) is 4.79 Å². The van der Waals surface area contributed by atoms with Gasteiger partial charge in [0.1, 0.15) is 30.5 Å². The summed E-state index contributed by atoms with van der Waals surface area (Å²) >= 11 is 0. The average molecular weight is 1170 g/mol. The first-order valence-corrected chi connectivity index (χ1v) is 29.8. The molecular weight excluding hydrogens is 1060 g/mol. The number of ketones is 2. The number of methoxy groups -OCH3 is 5. The molecule has 1 unspecified atom stereocenters. The van der Waals surface area contributed by atoms with Gasteiger partial charge in [0.05, 0.1) is 70.7 Å². The van der Waals surface area contributed by atoms with Crippen molar-refractivity contribution in [2.75, 3.05) is 94.9 Å². The lowest BCUT2D eigenvalue weighted by Gasteiger charge is -2.45. The lowest BCUT2D eigenvalue weighted by molar-refractivity contribution is -0.275. The van der Waals surface area contributed by atoms with Crippen molar-refractivity contribution >= 4 is 23.6 Å². The van der Waals surface area contributed by atoms with Crippen LogP contribution in [-0.4, -0.2) is 212 Å². The summed E-state index contributed by atoms with van der Waals surface area (Å²) in [5.41, 5.74) is 8.54. The smallest absolute Gasteiger partial charge is 0.407 e. The van der Waals surface area contributed by atoms with Gasteiger partial charge in [-0.2, -0.15) is 0 Å². The maximum Gasteiger partial charge on any atom is 0.407 e. The molecule has 0 radical (unpaired) electrons. The number of aliphatic hydroxyl groups excluding tert-OH is 2. The number of hydrogen-bond donors (Lipinski definition) is 5. The molecule has 6 N–H and O–H groups in total. The highest BCUT2D eigenvalue weighted by molar-refractivity contribution is 5.90. The number of amides is 1. The molecule has 17 atom stereocenters. The molecule has 21 nitrogen and oxygen atoms in total. The summed E-state index contributed by atoms with van der Waals surface area (Å²) in [4.78, 5) is 57.5. The lowest BCUT2D eigenvalue weighted by Crippen LogP contribution is -2.62. The van der Waals surface area contributed by atoms with Gasteiger partial charge in [-0.15, -0.1) is 0 Å². The molecule has 1 saturated carbocycles. The zero-order valence-electron chi connectivity index (χ0n) is 51.0. The topological polar surface area (TPSA) is 272 Å². The van der Waals surface area contributed by atoms with E-state index in [0.717, 1.165) is 5.57 Å². The molecule has 0 spiro atoms. The number of allylic oxidation sites excluding steroid dienone is 5. The van der Waals surface area contributed by atoms with E-state index in [1.807, 2.05) is 64.2 Å². The van der Waals surface area contributed by atoms with E-state index in [1.54, 1.807) is 42.3 Å². The first-order chi connectivity index (χ1) is 39.2. The lowest BCUT2D eigenvalue weighted by atomic mass is 9.80. The van der Waals surface area contributed by atoms with Crippen LogP contribution in [0.3, 0.4) is 0 Å². The maximum absolute atomic E-state index is 14.8. The number of esters is 1. The number of cyclic esters (lactones) is 1. The first kappa shape index (κ1) is 71.0. The van der Waals surface area contributed by atoms with Crippen LogP contribution in [0.25, 0.3) is 0 Å². The Morgan fingerprint density at radius 2 is 1.45 bits per heavy atom. The Labute approximate surface area is 488 Å². The summed E-state index contributed by atoms with van der Waals surface area (Å²) in [6.07, 6.45) is 8.38. The van der Waals surface area contributed by atoms with Crippen LogP contribution in [0.15, 0.2) is 47.6 Å². The van der Waals surface area contributed by atoms with Gasteiger partial charge in [-0.1, -0.05) is 70.6 Å². The monoisotopic (exact) mass is 1170 g/mol. The van der Waals surface area contributed by atoms with Crippen molar-refractivity contribution in [3.05, 3.63) is 47.6 Å². The van der Waals surface area contributed by atoms with Crippen LogP contribution >= 0.6 is 0 Å². The Morgan fingerprint density at radius 3 is 2.11 bits per heavy atom. The summed E-state index contributed by atoms with van der Waals surface area (Å²) in [6.45, 7) is 14.5. The number of hydrogen-bond acceptors (Lipinski definition) is 20. The quantitative estimate of drug-likeness (QED) is 0.0569. The number of nitrogens with two attached hydrogens (primary N) is 1. The zero-order chi connectivity index (χ0) is 60.4. The van der Waals surface area contributed by atoms with E-state index in [-0.39, 0.29) is 50.2 Å². The summed E-state index contributed by atoms with van der Waals surface area (Å²) in [5.74, 6) is -5.76. The molecule has 2 bridgehead atoms. The molecule has 3 heterocycles. The summed E-state index contributed by atoms with van der Waals surface area (Å²) in [7, 11) is 7.72. The maximum atomic E-state index is 14.8. The third-order valence-corrected chi connectivity index (χ3v) is 16.8. The van der Waals surface area contributed by atoms with Crippen LogP contribution in [0.5, 0.6) is 0 Å². The Kier molecular flexibility index (Phi) is 32.1. The molecule has 21 heteroatoms. The number of fused-ring (bicyclic) bond motifs is 3. The third-order valence-electron chi connectivity index (χ3n) is 16.8. The Hall–Kier alpha value is -3.52. The van der Waals surface area contributed by atoms with Crippen molar-refractivity contribution in [2.24, 2.45) is 35.3 Å². The average Bonchev–Trinajstić information content (AvgIpc) is 3.47. The van der Waals surface area contributed by atoms with E-state index in [0.29, 0.717) is 109 Å². The Bertz CT molecular complexity index is 2040. The number of carbonyl (C=O) groups is 4. The van der Waals surface area contributed by atoms with E-state index >= 15 is 0 Å². The molecule has 0 aromatic rings. The minimum absolute atomic E-state index is 0.0199. The fourth-order valence-corrected chi connectivity index (χ4v) is 11.7. The van der Waals surface area contributed by atoms with Crippen LogP contribution in [0.1, 0.15) is 119 Å². The van der Waals surface area contributed by atoms with Crippen LogP contribution < -0.4 is 11.1 Å². The first-order valence-electron chi connectivity index (χ1n) is 29.8. The van der Waals surface area contributed by atoms with Gasteiger partial charge < -0.3 is 78.5 Å². The fraction of sp³-hybridized carbons (Fsp3) is 0.803. The molecular formula is C61H103N3O18. The number of Topliss-reactive ketones (excluding diaryl/α,β-unsaturated/α-hetero) is 2. The number of ether oxygens (including phenoxy) is 11. The van der Waals surface area contributed by atoms with Gasteiger partial charge in [0.2, 0.25) is 11.6 Å². The molecule has 1 amide bonds. The molecule has 3 aliphatic heterocycles. The second kappa shape index (κ2) is 37.1. The van der Waals surface area contributed by atoms with Crippen molar-refractivity contribution < 1.29 is 86.6 Å². The molecule has 4 rings (SSSR count). The number of aliphatic hydroxyl groups is 3. The van der Waals surface area contributed by atoms with E-state index in [2.05, 4.69) is 5.32 Å². The highest BCUT2D eigenvalue weighted by atomic mass is 16.6. The van der Waals surface area contributed by atoms with Gasteiger partial charge in [0.15, 0.2) is 12.0 Å². The van der Waals surface area contributed by atoms with Crippen molar-refractivity contribution in [1.82, 2.24) is 10.2 Å². The number of carbonyl (C=O) groups excluding carboxylic acids is 4. The minimum Gasteiger partial charge on any atom is -0.459 e. The fourth-order valence-electron chi connectivity index (χ4n) is 11.7. The molecule has 0 aromatic heterocycles. The van der Waals surface area contributed by atoms with E-state index in [9.17, 15) is 34.5 Å². The predicted octanol–water partition coefficient (Wildman–Crippen LogP) is 5.54. The van der Waals surface area contributed by atoms with Crippen molar-refractivity contribution in [3.63, 3.8) is 0 Å². The molecule has 0 aromatic carbocycles. The van der Waals surface area contributed by atoms with Gasteiger partial charge >= 0.3 is 12.1 Å². The van der Waals surface area contributed by atoms with E-state index in [4.69, 9.17) is 57.8 Å². The molecule has 4 aliphatic rings. The van der Waals surface area contributed by atoms with Crippen LogP contribution in [-0.2, 0) is 66.5 Å². The van der Waals surface area contributed by atoms with E-state index < -0.39 is 109 Å². The second-order valence-electron chi connectivity index (χ2n) is 23.0. The molecule has 3 fully saturated rings. The van der Waals surface area contributed by atoms with Crippen molar-refractivity contribution in [2.45, 2.75) is 192 Å². The minimum atomic E-state index is -2.36. The summed E-state index contributed by atoms with van der Waals surface area (Å²) in [6, 6.07) is -1.83. The van der Waals surface area contributed by atoms with Gasteiger partial charge in [0.25, 0.3) is 0 Å². The number of rotatable bonds is 20. The number of nitrogens with one attached hydrogen (secondary N) is 1. The Balaban J connectivity index is 1.57. The second-order valence-corrected chi connectivity index (χ2v) is 23.0. The van der Waals surface area contributed by atoms with Crippen LogP contribution in [0.4, 0.5) is 4.79 Å². The van der Waals surface area contributed by atoms with Crippen LogP contribution in [0.2, 0.25) is 0 Å². The number of piperidine rings is 1. The SMILES string of the molecule is COCCOCCOCCOCCNC(=O)O[C@@H]1CC[C@@H](C[C@@H](N)[C@@H]2C[C@@H](OC)[C@H](C)/C=C(\C)[C@@H](O)[C@@H](OC)C(=O)[C@H](C)C[C@H](C)/C=C/C=C/C=C(\C)[C@@H](OC)C[C@@H]3CC[C@@H](C)[C@@](O)(O3)C(=O)C(O)N3CCCC[C@H]3C(=O)O2)C[C@H]1OC. The molecule has 470 valence electrons. The highest BCUT2D eigenvalue weighted by Crippen LogP contribution is 2.38. The molecule has 1 aliphatic carbocycles. The van der Waals surface area contributed by atoms with Crippen molar-refractivity contribution in [1.29, 1.82) is 0 Å². The van der Waals surface area contributed by atoms with Gasteiger partial charge in [-0.05, 0) is 94.6 Å². The standard InChI is InChI=1S/C61H103N3O18/c1-39-17-13-12-14-18-40(2)50(73-8)37-46-22-20-44(6)61(71,82-46)57(67)58(68)64-25-16-15-19-48(64)59(69)80-52(38-51(74-9)41(3)34-43(5)55(66)56(76-11)54(65)42(4)33-39)47(62)35-45-21-23-49(53(36-45)75-10)81-60(70)63-24-26-77-29-30-79-32-31-78-28-27-72-7/h12-14,17-18,34,39,41-42,44-53,55-56,58,66,68,71H,15-16,19-33,35-38,62H2,1-11H3,(H,63,70)/b14-12+,17-13+,40-18+,43-34+/t39-,41-,42-,44-,45+,46+,47-,48+,49-,50+,51-,52+,53-,55-,56+,58?,61-/m1/s1. The summed E-state index contributed by atoms with van der Waals surface area (Å²) < 4.78 is 63.5. The van der Waals surface area contributed by atoms with Gasteiger partial charge in [0, 0.05) is 85.3 Å². The van der Waals surface area contributed by atoms with Crippen LogP contribution in [0, 0.1) is 29.6 Å². The van der Waals surface area contributed by atoms with E-state index in [1.165, 1.54) is 12.0 Å². The summed E-state index contributed by atoms with van der Waals surface area (Å²) in [5, 5.41) is 38.6. The van der Waals surface area contributed by atoms with Crippen molar-refractivity contribution in [3.8, 4) is 0 Å². The highest BCUT2D eigenvalue weighted by Gasteiger charge is 2.53. The molecule has 82 heavy (non-hydrogen) atoms. The molecule has 2 saturated heterocycles. The Morgan fingerprint density at radius 1 is 0.768 bits per heavy atom. The normalized spacial score (nSPS) is 36.4. The number of alkyl carbamates (subject to hydrolysis) is 1. The predicted molar refractivity (Wildman–Crippen MR) is 307 cm³/mol. The zero-order valence-corrected chi connectivity index (χ0v) is 51.0. The third kappa shape index (κ3) is 22.1. The van der Waals surface area contributed by atoms with Gasteiger partial charge in [-0.3, -0.25) is 19.3 Å². The number of nitrogens with zero attached hydrogens (tertiary/aromatic N) is 1. The largest absolute Gasteiger partial charge is 0.459 e.